The average Bonchev–Trinajstić information content (AvgIpc) is 3.09. The first-order valence-corrected chi connectivity index (χ1v) is 8.10. The zero-order valence-electron chi connectivity index (χ0n) is 13.4. The van der Waals surface area contributed by atoms with Crippen LogP contribution in [-0.2, 0) is 6.54 Å². The first kappa shape index (κ1) is 15.5. The number of hydrogen-bond donors (Lipinski definition) is 1. The maximum absolute atomic E-state index is 12.3. The summed E-state index contributed by atoms with van der Waals surface area (Å²) in [5.41, 5.74) is 1.63. The van der Waals surface area contributed by atoms with Crippen molar-refractivity contribution in [2.45, 2.75) is 38.3 Å². The molecule has 1 heterocycles. The van der Waals surface area contributed by atoms with Crippen molar-refractivity contribution in [2.24, 2.45) is 0 Å². The van der Waals surface area contributed by atoms with E-state index in [1.54, 1.807) is 6.07 Å². The minimum absolute atomic E-state index is 0.103. The zero-order chi connectivity index (χ0) is 16.1. The number of carbonyl (C=O) groups excluding carboxylic acids is 1. The first-order chi connectivity index (χ1) is 11.2. The van der Waals surface area contributed by atoms with Crippen LogP contribution in [0, 0.1) is 0 Å². The second-order valence-electron chi connectivity index (χ2n) is 6.06. The normalized spacial score (nSPS) is 14.7. The number of nitrogens with one attached hydrogen (secondary N) is 1. The smallest absolute Gasteiger partial charge is 0.270 e. The van der Waals surface area contributed by atoms with Gasteiger partial charge in [-0.05, 0) is 18.4 Å². The molecule has 1 saturated carbocycles. The summed E-state index contributed by atoms with van der Waals surface area (Å²) in [6.45, 7) is 0.738. The lowest BCUT2D eigenvalue weighted by Gasteiger charge is -2.18. The van der Waals surface area contributed by atoms with E-state index in [2.05, 4.69) is 27.4 Å². The lowest BCUT2D eigenvalue weighted by atomic mass is 10.2. The summed E-state index contributed by atoms with van der Waals surface area (Å²) in [6, 6.07) is 12.2. The summed E-state index contributed by atoms with van der Waals surface area (Å²) < 4.78 is 0. The second-order valence-corrected chi connectivity index (χ2v) is 6.06. The van der Waals surface area contributed by atoms with Gasteiger partial charge in [0.2, 0.25) is 0 Å². The monoisotopic (exact) mass is 310 g/mol. The van der Waals surface area contributed by atoms with Crippen LogP contribution < -0.4 is 10.2 Å². The number of nitrogens with zero attached hydrogens (tertiary/aromatic N) is 3. The topological polar surface area (TPSA) is 58.1 Å². The van der Waals surface area contributed by atoms with Gasteiger partial charge in [0.05, 0.1) is 0 Å². The van der Waals surface area contributed by atoms with Crippen molar-refractivity contribution in [1.29, 1.82) is 0 Å². The molecule has 1 aliphatic rings. The fourth-order valence-corrected chi connectivity index (χ4v) is 2.95. The van der Waals surface area contributed by atoms with E-state index in [0.29, 0.717) is 11.7 Å². The largest absolute Gasteiger partial charge is 0.355 e. The molecule has 1 fully saturated rings. The van der Waals surface area contributed by atoms with E-state index in [-0.39, 0.29) is 5.91 Å². The van der Waals surface area contributed by atoms with Crippen LogP contribution >= 0.6 is 0 Å². The summed E-state index contributed by atoms with van der Waals surface area (Å²) >= 11 is 0. The zero-order valence-corrected chi connectivity index (χ0v) is 13.4. The Morgan fingerprint density at radius 1 is 1.22 bits per heavy atom. The van der Waals surface area contributed by atoms with Gasteiger partial charge in [-0.15, -0.1) is 0 Å². The van der Waals surface area contributed by atoms with Gasteiger partial charge in [0.1, 0.15) is 17.8 Å². The molecule has 2 aromatic rings. The molecule has 1 aromatic carbocycles. The number of carbonyl (C=O) groups is 1. The average molecular weight is 310 g/mol. The molecule has 1 amide bonds. The Morgan fingerprint density at radius 2 is 1.96 bits per heavy atom. The number of hydrogen-bond acceptors (Lipinski definition) is 4. The molecule has 3 rings (SSSR count). The van der Waals surface area contributed by atoms with Crippen LogP contribution in [0.3, 0.4) is 0 Å². The molecular formula is C18H22N4O. The van der Waals surface area contributed by atoms with Crippen LogP contribution in [0.15, 0.2) is 42.7 Å². The molecule has 0 unspecified atom stereocenters. The Kier molecular flexibility index (Phi) is 4.86. The summed E-state index contributed by atoms with van der Waals surface area (Å²) in [7, 11) is 1.97. The van der Waals surface area contributed by atoms with Gasteiger partial charge in [0, 0.05) is 25.7 Å². The van der Waals surface area contributed by atoms with Crippen LogP contribution in [0.25, 0.3) is 0 Å². The Bertz CT molecular complexity index is 653. The minimum Gasteiger partial charge on any atom is -0.355 e. The number of rotatable bonds is 5. The molecule has 0 spiro atoms. The van der Waals surface area contributed by atoms with E-state index in [9.17, 15) is 4.79 Å². The lowest BCUT2D eigenvalue weighted by Crippen LogP contribution is -2.33. The van der Waals surface area contributed by atoms with E-state index < -0.39 is 0 Å². The van der Waals surface area contributed by atoms with Crippen LogP contribution in [0.2, 0.25) is 0 Å². The highest BCUT2D eigenvalue weighted by molar-refractivity contribution is 5.93. The quantitative estimate of drug-likeness (QED) is 0.922. The third-order valence-electron chi connectivity index (χ3n) is 4.23. The SMILES string of the molecule is CN(Cc1ccccc1)c1cc(C(=O)NC2CCCC2)ncn1. The van der Waals surface area contributed by atoms with Crippen molar-refractivity contribution in [3.8, 4) is 0 Å². The highest BCUT2D eigenvalue weighted by Gasteiger charge is 2.19. The Balaban J connectivity index is 1.67. The van der Waals surface area contributed by atoms with Crippen molar-refractivity contribution >= 4 is 11.7 Å². The summed E-state index contributed by atoms with van der Waals surface area (Å²) in [5, 5.41) is 3.06. The maximum atomic E-state index is 12.3. The van der Waals surface area contributed by atoms with Crippen LogP contribution in [0.4, 0.5) is 5.82 Å². The van der Waals surface area contributed by atoms with Crippen molar-refractivity contribution < 1.29 is 4.79 Å². The predicted molar refractivity (Wildman–Crippen MR) is 90.3 cm³/mol. The molecule has 1 N–H and O–H groups in total. The predicted octanol–water partition coefficient (Wildman–Crippen LogP) is 2.79. The second kappa shape index (κ2) is 7.22. The minimum atomic E-state index is -0.103. The molecule has 0 atom stereocenters. The molecule has 0 radical (unpaired) electrons. The molecule has 23 heavy (non-hydrogen) atoms. The highest BCUT2D eigenvalue weighted by atomic mass is 16.1. The van der Waals surface area contributed by atoms with Gasteiger partial charge in [-0.3, -0.25) is 4.79 Å². The van der Waals surface area contributed by atoms with Gasteiger partial charge >= 0.3 is 0 Å². The van der Waals surface area contributed by atoms with E-state index in [1.807, 2.05) is 30.1 Å². The van der Waals surface area contributed by atoms with Gasteiger partial charge < -0.3 is 10.2 Å². The Labute approximate surface area is 136 Å². The number of amides is 1. The maximum Gasteiger partial charge on any atom is 0.270 e. The van der Waals surface area contributed by atoms with Crippen molar-refractivity contribution in [3.63, 3.8) is 0 Å². The van der Waals surface area contributed by atoms with Crippen molar-refractivity contribution in [1.82, 2.24) is 15.3 Å². The lowest BCUT2D eigenvalue weighted by molar-refractivity contribution is 0.0932. The fourth-order valence-electron chi connectivity index (χ4n) is 2.95. The Morgan fingerprint density at radius 3 is 2.70 bits per heavy atom. The molecule has 1 aromatic heterocycles. The molecule has 1 aliphatic carbocycles. The van der Waals surface area contributed by atoms with Gasteiger partial charge in [-0.2, -0.15) is 0 Å². The molecule has 0 aliphatic heterocycles. The van der Waals surface area contributed by atoms with Crippen LogP contribution in [0.5, 0.6) is 0 Å². The van der Waals surface area contributed by atoms with E-state index >= 15 is 0 Å². The molecule has 0 saturated heterocycles. The molecule has 5 nitrogen and oxygen atoms in total. The number of benzene rings is 1. The first-order valence-electron chi connectivity index (χ1n) is 8.10. The molecular weight excluding hydrogens is 288 g/mol. The van der Waals surface area contributed by atoms with Gasteiger partial charge in [-0.25, -0.2) is 9.97 Å². The molecule has 0 bridgehead atoms. The number of anilines is 1. The van der Waals surface area contributed by atoms with Crippen LogP contribution in [0.1, 0.15) is 41.7 Å². The standard InChI is InChI=1S/C18H22N4O/c1-22(12-14-7-3-2-4-8-14)17-11-16(19-13-20-17)18(23)21-15-9-5-6-10-15/h2-4,7-8,11,13,15H,5-6,9-10,12H2,1H3,(H,21,23). The summed E-state index contributed by atoms with van der Waals surface area (Å²) in [4.78, 5) is 22.7. The molecule has 5 heteroatoms. The van der Waals surface area contributed by atoms with E-state index in [1.165, 1.54) is 24.7 Å². The summed E-state index contributed by atoms with van der Waals surface area (Å²) in [5.74, 6) is 0.647. The highest BCUT2D eigenvalue weighted by Crippen LogP contribution is 2.18. The molecule has 120 valence electrons. The number of aromatic nitrogens is 2. The Hall–Kier alpha value is -2.43. The summed E-state index contributed by atoms with van der Waals surface area (Å²) in [6.07, 6.45) is 5.98. The van der Waals surface area contributed by atoms with Crippen molar-refractivity contribution in [3.05, 3.63) is 54.0 Å². The van der Waals surface area contributed by atoms with Crippen molar-refractivity contribution in [2.75, 3.05) is 11.9 Å². The van der Waals surface area contributed by atoms with E-state index in [4.69, 9.17) is 0 Å². The fraction of sp³-hybridized carbons (Fsp3) is 0.389. The third-order valence-corrected chi connectivity index (χ3v) is 4.23. The van der Waals surface area contributed by atoms with Gasteiger partial charge in [0.15, 0.2) is 0 Å². The van der Waals surface area contributed by atoms with Gasteiger partial charge in [0.25, 0.3) is 5.91 Å². The van der Waals surface area contributed by atoms with Crippen LogP contribution in [-0.4, -0.2) is 29.0 Å². The third kappa shape index (κ3) is 4.06. The van der Waals surface area contributed by atoms with Gasteiger partial charge in [-0.1, -0.05) is 43.2 Å². The van der Waals surface area contributed by atoms with E-state index in [0.717, 1.165) is 25.2 Å².